The fourth-order valence-corrected chi connectivity index (χ4v) is 1.88. The largest absolute Gasteiger partial charge is 0.343 e. The first-order valence-corrected chi connectivity index (χ1v) is 5.62. The molecule has 1 aromatic rings. The molecule has 17 heavy (non-hydrogen) atoms. The predicted octanol–water partition coefficient (Wildman–Crippen LogP) is 1.51. The summed E-state index contributed by atoms with van der Waals surface area (Å²) >= 11 is 0. The Hall–Kier alpha value is -1.86. The maximum Gasteiger partial charge on any atom is 0.236 e. The summed E-state index contributed by atoms with van der Waals surface area (Å²) in [6, 6.07) is 7.55. The molecule has 0 aliphatic carbocycles. The number of rotatable bonds is 2. The first-order chi connectivity index (χ1) is 8.19. The van der Waals surface area contributed by atoms with Crippen molar-refractivity contribution in [1.82, 2.24) is 9.80 Å². The average molecular weight is 229 g/mol. The zero-order valence-electron chi connectivity index (χ0n) is 9.89. The average Bonchev–Trinajstić information content (AvgIpc) is 2.35. The second-order valence-corrected chi connectivity index (χ2v) is 4.30. The molecule has 1 saturated heterocycles. The van der Waals surface area contributed by atoms with Crippen LogP contribution in [0.5, 0.6) is 0 Å². The van der Waals surface area contributed by atoms with Crippen molar-refractivity contribution in [1.29, 1.82) is 0 Å². The van der Waals surface area contributed by atoms with Gasteiger partial charge in [0.2, 0.25) is 5.91 Å². The topological polar surface area (TPSA) is 27.9 Å². The van der Waals surface area contributed by atoms with Crippen molar-refractivity contribution >= 4 is 11.6 Å². The zero-order chi connectivity index (χ0) is 12.3. The molecule has 0 spiro atoms. The van der Waals surface area contributed by atoms with Gasteiger partial charge in [-0.25, -0.2) is 4.85 Å². The molecule has 1 aliphatic rings. The van der Waals surface area contributed by atoms with Crippen LogP contribution in [0.25, 0.3) is 4.85 Å². The Morgan fingerprint density at radius 3 is 2.59 bits per heavy atom. The van der Waals surface area contributed by atoms with Gasteiger partial charge < -0.3 is 4.90 Å². The van der Waals surface area contributed by atoms with Crippen LogP contribution >= 0.6 is 0 Å². The normalized spacial score (nSPS) is 16.9. The van der Waals surface area contributed by atoms with Crippen LogP contribution in [0, 0.1) is 6.57 Å². The van der Waals surface area contributed by atoms with Crippen molar-refractivity contribution < 1.29 is 4.79 Å². The number of carbonyl (C=O) groups excluding carboxylic acids is 1. The van der Waals surface area contributed by atoms with Gasteiger partial charge in [-0.3, -0.25) is 9.69 Å². The molecule has 88 valence electrons. The summed E-state index contributed by atoms with van der Waals surface area (Å²) in [5.41, 5.74) is 1.80. The molecule has 0 aromatic heterocycles. The lowest BCUT2D eigenvalue weighted by Crippen LogP contribution is -2.47. The Balaban J connectivity index is 1.97. The molecule has 1 amide bonds. The van der Waals surface area contributed by atoms with Gasteiger partial charge in [0, 0.05) is 26.7 Å². The molecule has 1 heterocycles. The number of carbonyl (C=O) groups is 1. The van der Waals surface area contributed by atoms with Crippen LogP contribution in [0.1, 0.15) is 5.56 Å². The monoisotopic (exact) mass is 229 g/mol. The summed E-state index contributed by atoms with van der Waals surface area (Å²) in [5.74, 6) is 0.175. The lowest BCUT2D eigenvalue weighted by Gasteiger charge is -2.31. The van der Waals surface area contributed by atoms with Gasteiger partial charge >= 0.3 is 0 Å². The molecule has 4 heteroatoms. The minimum absolute atomic E-state index is 0.175. The van der Waals surface area contributed by atoms with Gasteiger partial charge in [-0.05, 0) is 5.56 Å². The second-order valence-electron chi connectivity index (χ2n) is 4.30. The zero-order valence-corrected chi connectivity index (χ0v) is 9.89. The highest BCUT2D eigenvalue weighted by Crippen LogP contribution is 2.14. The van der Waals surface area contributed by atoms with Gasteiger partial charge in [0.05, 0.1) is 13.1 Å². The summed E-state index contributed by atoms with van der Waals surface area (Å²) < 4.78 is 0. The Labute approximate surface area is 101 Å². The van der Waals surface area contributed by atoms with Gasteiger partial charge in [-0.2, -0.15) is 0 Å². The molecule has 0 unspecified atom stereocenters. The van der Waals surface area contributed by atoms with E-state index in [0.29, 0.717) is 12.2 Å². The van der Waals surface area contributed by atoms with E-state index in [2.05, 4.69) is 9.74 Å². The molecule has 1 aromatic carbocycles. The van der Waals surface area contributed by atoms with Crippen molar-refractivity contribution in [3.63, 3.8) is 0 Å². The van der Waals surface area contributed by atoms with Gasteiger partial charge in [0.1, 0.15) is 0 Å². The maximum absolute atomic E-state index is 11.5. The van der Waals surface area contributed by atoms with Crippen LogP contribution in [0.2, 0.25) is 0 Å². The highest BCUT2D eigenvalue weighted by Gasteiger charge is 2.20. The minimum Gasteiger partial charge on any atom is -0.343 e. The fraction of sp³-hybridized carbons (Fsp3) is 0.385. The second kappa shape index (κ2) is 4.98. The molecular formula is C13H15N3O. The molecular weight excluding hydrogens is 214 g/mol. The number of hydrogen-bond acceptors (Lipinski definition) is 2. The molecule has 1 fully saturated rings. The summed E-state index contributed by atoms with van der Waals surface area (Å²) in [7, 11) is 1.84. The number of nitrogens with zero attached hydrogens (tertiary/aromatic N) is 3. The first-order valence-electron chi connectivity index (χ1n) is 5.62. The lowest BCUT2D eigenvalue weighted by molar-refractivity contribution is -0.134. The molecule has 0 N–H and O–H groups in total. The lowest BCUT2D eigenvalue weighted by atomic mass is 10.2. The van der Waals surface area contributed by atoms with Crippen LogP contribution in [0.3, 0.4) is 0 Å². The van der Waals surface area contributed by atoms with Crippen molar-refractivity contribution in [2.24, 2.45) is 0 Å². The van der Waals surface area contributed by atoms with E-state index in [1.54, 1.807) is 4.90 Å². The van der Waals surface area contributed by atoms with E-state index < -0.39 is 0 Å². The van der Waals surface area contributed by atoms with Gasteiger partial charge in [-0.1, -0.05) is 24.3 Å². The molecule has 0 radical (unpaired) electrons. The van der Waals surface area contributed by atoms with Gasteiger partial charge in [0.25, 0.3) is 0 Å². The van der Waals surface area contributed by atoms with Crippen LogP contribution in [-0.4, -0.2) is 42.4 Å². The highest BCUT2D eigenvalue weighted by molar-refractivity contribution is 5.78. The summed E-state index contributed by atoms with van der Waals surface area (Å²) in [4.78, 5) is 18.8. The summed E-state index contributed by atoms with van der Waals surface area (Å²) in [6.07, 6.45) is 0. The van der Waals surface area contributed by atoms with Crippen molar-refractivity contribution in [2.45, 2.75) is 6.54 Å². The number of likely N-dealkylation sites (N-methyl/N-ethyl adjacent to an activating group) is 1. The van der Waals surface area contributed by atoms with Crippen LogP contribution < -0.4 is 0 Å². The highest BCUT2D eigenvalue weighted by atomic mass is 16.2. The summed E-state index contributed by atoms with van der Waals surface area (Å²) in [5, 5.41) is 0. The SMILES string of the molecule is [C-]#[N+]c1ccc(CN2CCN(C)C(=O)C2)cc1. The van der Waals surface area contributed by atoms with Gasteiger partial charge in [0.15, 0.2) is 5.69 Å². The van der Waals surface area contributed by atoms with E-state index in [4.69, 9.17) is 6.57 Å². The van der Waals surface area contributed by atoms with Crippen molar-refractivity contribution in [3.05, 3.63) is 41.2 Å². The van der Waals surface area contributed by atoms with E-state index in [0.717, 1.165) is 25.2 Å². The minimum atomic E-state index is 0.175. The molecule has 1 aliphatic heterocycles. The Morgan fingerprint density at radius 1 is 1.29 bits per heavy atom. The quantitative estimate of drug-likeness (QED) is 0.719. The van der Waals surface area contributed by atoms with Crippen molar-refractivity contribution in [2.75, 3.05) is 26.7 Å². The number of piperazine rings is 1. The van der Waals surface area contributed by atoms with E-state index in [9.17, 15) is 4.79 Å². The predicted molar refractivity (Wildman–Crippen MR) is 65.6 cm³/mol. The Kier molecular flexibility index (Phi) is 3.40. The standard InChI is InChI=1S/C13H15N3O/c1-14-12-5-3-11(4-6-12)9-16-8-7-15(2)13(17)10-16/h3-6H,7-10H2,2H3. The van der Waals surface area contributed by atoms with E-state index in [1.165, 1.54) is 0 Å². The Bertz CT molecular complexity index is 447. The van der Waals surface area contributed by atoms with Gasteiger partial charge in [-0.15, -0.1) is 0 Å². The molecule has 0 bridgehead atoms. The van der Waals surface area contributed by atoms with Crippen LogP contribution in [0.15, 0.2) is 24.3 Å². The third-order valence-electron chi connectivity index (χ3n) is 3.01. The summed E-state index contributed by atoms with van der Waals surface area (Å²) in [6.45, 7) is 9.84. The smallest absolute Gasteiger partial charge is 0.236 e. The molecule has 4 nitrogen and oxygen atoms in total. The van der Waals surface area contributed by atoms with Crippen molar-refractivity contribution in [3.8, 4) is 0 Å². The molecule has 0 atom stereocenters. The van der Waals surface area contributed by atoms with E-state index in [-0.39, 0.29) is 5.91 Å². The Morgan fingerprint density at radius 2 is 2.00 bits per heavy atom. The van der Waals surface area contributed by atoms with Crippen LogP contribution in [0.4, 0.5) is 5.69 Å². The van der Waals surface area contributed by atoms with E-state index >= 15 is 0 Å². The number of benzene rings is 1. The first kappa shape index (κ1) is 11.6. The number of hydrogen-bond donors (Lipinski definition) is 0. The molecule has 2 rings (SSSR count). The maximum atomic E-state index is 11.5. The third kappa shape index (κ3) is 2.83. The third-order valence-corrected chi connectivity index (χ3v) is 3.01. The molecule has 0 saturated carbocycles. The van der Waals surface area contributed by atoms with E-state index in [1.807, 2.05) is 31.3 Å². The number of amides is 1. The van der Waals surface area contributed by atoms with Crippen LogP contribution in [-0.2, 0) is 11.3 Å². The fourth-order valence-electron chi connectivity index (χ4n) is 1.88.